The molecule has 0 spiro atoms. The Labute approximate surface area is 135 Å². The molecule has 1 aliphatic rings. The highest BCUT2D eigenvalue weighted by molar-refractivity contribution is 5.96. The molecule has 0 aliphatic carbocycles. The molecule has 124 valence electrons. The van der Waals surface area contributed by atoms with Crippen LogP contribution in [0.5, 0.6) is 0 Å². The molecule has 1 aromatic rings. The largest absolute Gasteiger partial charge is 0.478 e. The van der Waals surface area contributed by atoms with Crippen LogP contribution in [0.1, 0.15) is 41.0 Å². The molecule has 0 radical (unpaired) electrons. The first kappa shape index (κ1) is 17.0. The van der Waals surface area contributed by atoms with Crippen molar-refractivity contribution >= 4 is 17.8 Å². The minimum atomic E-state index is -1.01. The van der Waals surface area contributed by atoms with Crippen LogP contribution in [0.2, 0.25) is 0 Å². The van der Waals surface area contributed by atoms with Gasteiger partial charge in [-0.1, -0.05) is 13.8 Å². The fourth-order valence-corrected chi connectivity index (χ4v) is 2.64. The molecule has 1 aromatic carbocycles. The number of carboxylic acid groups (broad SMARTS) is 1. The van der Waals surface area contributed by atoms with Crippen molar-refractivity contribution in [2.45, 2.75) is 20.3 Å². The molecule has 6 nitrogen and oxygen atoms in total. The molecule has 0 bridgehead atoms. The van der Waals surface area contributed by atoms with E-state index >= 15 is 0 Å². The monoisotopic (exact) mass is 318 g/mol. The smallest absolute Gasteiger partial charge is 0.335 e. The molecule has 0 aromatic heterocycles. The van der Waals surface area contributed by atoms with Gasteiger partial charge in [0.1, 0.15) is 0 Å². The summed E-state index contributed by atoms with van der Waals surface area (Å²) in [5, 5.41) is 8.89. The van der Waals surface area contributed by atoms with Crippen LogP contribution < -0.4 is 0 Å². The standard InChI is InChI=1S/C17H22N2O4/c1-12(2)15(20)18-8-3-9-19(11-10-18)16(21)13-4-6-14(7-5-13)17(22)23/h4-7,12H,3,8-11H2,1-2H3,(H,22,23). The maximum absolute atomic E-state index is 12.5. The number of carbonyl (C=O) groups excluding carboxylic acids is 2. The van der Waals surface area contributed by atoms with Crippen molar-refractivity contribution in [1.29, 1.82) is 0 Å². The van der Waals surface area contributed by atoms with Crippen molar-refractivity contribution < 1.29 is 19.5 Å². The van der Waals surface area contributed by atoms with Crippen molar-refractivity contribution in [3.05, 3.63) is 35.4 Å². The Balaban J connectivity index is 2.03. The number of amides is 2. The van der Waals surface area contributed by atoms with Gasteiger partial charge in [0.05, 0.1) is 5.56 Å². The zero-order valence-corrected chi connectivity index (χ0v) is 13.5. The van der Waals surface area contributed by atoms with E-state index in [9.17, 15) is 14.4 Å². The highest BCUT2D eigenvalue weighted by Gasteiger charge is 2.24. The summed E-state index contributed by atoms with van der Waals surface area (Å²) in [6.07, 6.45) is 0.747. The highest BCUT2D eigenvalue weighted by atomic mass is 16.4. The second kappa shape index (κ2) is 7.26. The third-order valence-corrected chi connectivity index (χ3v) is 3.97. The molecule has 1 fully saturated rings. The van der Waals surface area contributed by atoms with Gasteiger partial charge in [0.2, 0.25) is 5.91 Å². The first-order chi connectivity index (χ1) is 10.9. The number of hydrogen-bond donors (Lipinski definition) is 1. The molecule has 0 saturated carbocycles. The van der Waals surface area contributed by atoms with E-state index < -0.39 is 5.97 Å². The number of aromatic carboxylic acids is 1. The molecule has 0 unspecified atom stereocenters. The van der Waals surface area contributed by atoms with E-state index in [-0.39, 0.29) is 23.3 Å². The lowest BCUT2D eigenvalue weighted by atomic mass is 10.1. The zero-order chi connectivity index (χ0) is 17.0. The summed E-state index contributed by atoms with van der Waals surface area (Å²) < 4.78 is 0. The van der Waals surface area contributed by atoms with E-state index in [1.807, 2.05) is 18.7 Å². The van der Waals surface area contributed by atoms with Gasteiger partial charge in [0, 0.05) is 37.7 Å². The Kier molecular flexibility index (Phi) is 5.36. The van der Waals surface area contributed by atoms with Crippen LogP contribution in [-0.4, -0.2) is 58.9 Å². The molecular formula is C17H22N2O4. The Morgan fingerprint density at radius 2 is 1.43 bits per heavy atom. The average molecular weight is 318 g/mol. The quantitative estimate of drug-likeness (QED) is 0.920. The van der Waals surface area contributed by atoms with Crippen molar-refractivity contribution in [2.75, 3.05) is 26.2 Å². The molecule has 1 N–H and O–H groups in total. The van der Waals surface area contributed by atoms with Crippen LogP contribution in [0.15, 0.2) is 24.3 Å². The maximum atomic E-state index is 12.5. The number of carbonyl (C=O) groups is 3. The summed E-state index contributed by atoms with van der Waals surface area (Å²) >= 11 is 0. The summed E-state index contributed by atoms with van der Waals surface area (Å²) in [5.41, 5.74) is 0.629. The summed E-state index contributed by atoms with van der Waals surface area (Å²) in [7, 11) is 0. The summed E-state index contributed by atoms with van der Waals surface area (Å²) in [5.74, 6) is -1.06. The van der Waals surface area contributed by atoms with Crippen molar-refractivity contribution in [3.63, 3.8) is 0 Å². The van der Waals surface area contributed by atoms with Crippen LogP contribution in [0.25, 0.3) is 0 Å². The minimum Gasteiger partial charge on any atom is -0.478 e. The summed E-state index contributed by atoms with van der Waals surface area (Å²) in [4.78, 5) is 39.0. The van der Waals surface area contributed by atoms with E-state index in [2.05, 4.69) is 0 Å². The maximum Gasteiger partial charge on any atom is 0.335 e. The molecule has 2 amide bonds. The van der Waals surface area contributed by atoms with Crippen LogP contribution in [-0.2, 0) is 4.79 Å². The molecule has 0 atom stereocenters. The number of hydrogen-bond acceptors (Lipinski definition) is 3. The second-order valence-electron chi connectivity index (χ2n) is 6.01. The Hall–Kier alpha value is -2.37. The number of rotatable bonds is 3. The van der Waals surface area contributed by atoms with E-state index in [1.165, 1.54) is 24.3 Å². The topological polar surface area (TPSA) is 77.9 Å². The van der Waals surface area contributed by atoms with Crippen molar-refractivity contribution in [1.82, 2.24) is 9.80 Å². The van der Waals surface area contributed by atoms with Gasteiger partial charge in [0.15, 0.2) is 0 Å². The first-order valence-electron chi connectivity index (χ1n) is 7.81. The van der Waals surface area contributed by atoms with Crippen LogP contribution in [0.3, 0.4) is 0 Å². The SMILES string of the molecule is CC(C)C(=O)N1CCCN(C(=O)c2ccc(C(=O)O)cc2)CC1. The molecule has 1 saturated heterocycles. The molecule has 6 heteroatoms. The van der Waals surface area contributed by atoms with Crippen LogP contribution in [0, 0.1) is 5.92 Å². The number of nitrogens with zero attached hydrogens (tertiary/aromatic N) is 2. The molecule has 1 aliphatic heterocycles. The van der Waals surface area contributed by atoms with Crippen LogP contribution >= 0.6 is 0 Å². The molecule has 23 heavy (non-hydrogen) atoms. The Morgan fingerprint density at radius 1 is 0.913 bits per heavy atom. The van der Waals surface area contributed by atoms with Gasteiger partial charge in [0.25, 0.3) is 5.91 Å². The van der Waals surface area contributed by atoms with Gasteiger partial charge in [-0.15, -0.1) is 0 Å². The predicted molar refractivity (Wildman–Crippen MR) is 85.3 cm³/mol. The lowest BCUT2D eigenvalue weighted by Gasteiger charge is -2.23. The molecule has 2 rings (SSSR count). The Bertz CT molecular complexity index is 595. The van der Waals surface area contributed by atoms with Gasteiger partial charge < -0.3 is 14.9 Å². The predicted octanol–water partition coefficient (Wildman–Crippen LogP) is 1.72. The zero-order valence-electron chi connectivity index (χ0n) is 13.5. The average Bonchev–Trinajstić information content (AvgIpc) is 2.79. The minimum absolute atomic E-state index is 0.0409. The van der Waals surface area contributed by atoms with Crippen LogP contribution in [0.4, 0.5) is 0 Å². The lowest BCUT2D eigenvalue weighted by molar-refractivity contribution is -0.134. The fourth-order valence-electron chi connectivity index (χ4n) is 2.64. The van der Waals surface area contributed by atoms with E-state index in [0.717, 1.165) is 6.42 Å². The summed E-state index contributed by atoms with van der Waals surface area (Å²) in [6, 6.07) is 5.94. The Morgan fingerprint density at radius 3 is 2.00 bits per heavy atom. The van der Waals surface area contributed by atoms with Gasteiger partial charge in [-0.2, -0.15) is 0 Å². The first-order valence-corrected chi connectivity index (χ1v) is 7.81. The third-order valence-electron chi connectivity index (χ3n) is 3.97. The molecule has 1 heterocycles. The lowest BCUT2D eigenvalue weighted by Crippen LogP contribution is -2.38. The van der Waals surface area contributed by atoms with Gasteiger partial charge in [-0.05, 0) is 30.7 Å². The second-order valence-corrected chi connectivity index (χ2v) is 6.01. The van der Waals surface area contributed by atoms with E-state index in [4.69, 9.17) is 5.11 Å². The number of benzene rings is 1. The van der Waals surface area contributed by atoms with Crippen molar-refractivity contribution in [3.8, 4) is 0 Å². The normalized spacial score (nSPS) is 15.4. The number of carboxylic acids is 1. The summed E-state index contributed by atoms with van der Waals surface area (Å²) in [6.45, 7) is 6.05. The van der Waals surface area contributed by atoms with Gasteiger partial charge >= 0.3 is 5.97 Å². The van der Waals surface area contributed by atoms with E-state index in [1.54, 1.807) is 4.90 Å². The third kappa shape index (κ3) is 4.09. The van der Waals surface area contributed by atoms with Gasteiger partial charge in [-0.3, -0.25) is 9.59 Å². The highest BCUT2D eigenvalue weighted by Crippen LogP contribution is 2.12. The van der Waals surface area contributed by atoms with E-state index in [0.29, 0.717) is 31.7 Å². The van der Waals surface area contributed by atoms with Crippen molar-refractivity contribution in [2.24, 2.45) is 5.92 Å². The van der Waals surface area contributed by atoms with Gasteiger partial charge in [-0.25, -0.2) is 4.79 Å². The molecular weight excluding hydrogens is 296 g/mol. The fraction of sp³-hybridized carbons (Fsp3) is 0.471.